The van der Waals surface area contributed by atoms with Gasteiger partial charge in [0.2, 0.25) is 0 Å². The van der Waals surface area contributed by atoms with Crippen LogP contribution in [-0.2, 0) is 0 Å². The third kappa shape index (κ3) is 3.65. The quantitative estimate of drug-likeness (QED) is 0.504. The van der Waals surface area contributed by atoms with Gasteiger partial charge in [-0.05, 0) is 56.4 Å². The van der Waals surface area contributed by atoms with Crippen LogP contribution in [0.15, 0.2) is 47.0 Å². The van der Waals surface area contributed by atoms with Gasteiger partial charge in [0.15, 0.2) is 17.1 Å². The molecule has 3 aromatic rings. The monoisotopic (exact) mass is 410 g/mol. The molecule has 158 valence electrons. The zero-order valence-corrected chi connectivity index (χ0v) is 17.2. The van der Waals surface area contributed by atoms with E-state index in [9.17, 15) is 4.39 Å². The molecule has 0 spiro atoms. The van der Waals surface area contributed by atoms with Crippen LogP contribution < -0.4 is 9.47 Å². The number of aromatic nitrogens is 1. The van der Waals surface area contributed by atoms with E-state index < -0.39 is 0 Å². The fourth-order valence-corrected chi connectivity index (χ4v) is 5.26. The number of rotatable bonds is 7. The van der Waals surface area contributed by atoms with Gasteiger partial charge in [-0.1, -0.05) is 17.3 Å². The lowest BCUT2D eigenvalue weighted by Gasteiger charge is -2.38. The summed E-state index contributed by atoms with van der Waals surface area (Å²) in [7, 11) is 1.67. The second-order valence-corrected chi connectivity index (χ2v) is 8.35. The average Bonchev–Trinajstić information content (AvgIpc) is 3.28. The molecule has 0 N–H and O–H groups in total. The van der Waals surface area contributed by atoms with Crippen molar-refractivity contribution in [3.8, 4) is 11.5 Å². The van der Waals surface area contributed by atoms with Crippen LogP contribution in [-0.4, -0.2) is 42.4 Å². The Balaban J connectivity index is 1.19. The maximum absolute atomic E-state index is 13.5. The van der Waals surface area contributed by atoms with Gasteiger partial charge < -0.3 is 14.0 Å². The van der Waals surface area contributed by atoms with Crippen molar-refractivity contribution in [2.24, 2.45) is 0 Å². The maximum Gasteiger partial charge on any atom is 0.170 e. The molecule has 2 unspecified atom stereocenters. The van der Waals surface area contributed by atoms with E-state index in [-0.39, 0.29) is 5.82 Å². The van der Waals surface area contributed by atoms with Gasteiger partial charge >= 0.3 is 0 Å². The zero-order valence-electron chi connectivity index (χ0n) is 17.2. The highest BCUT2D eigenvalue weighted by Gasteiger charge is 2.41. The first-order valence-corrected chi connectivity index (χ1v) is 10.8. The molecule has 0 amide bonds. The Morgan fingerprint density at radius 3 is 2.63 bits per heavy atom. The van der Waals surface area contributed by atoms with Crippen LogP contribution in [0.5, 0.6) is 11.5 Å². The predicted octanol–water partition coefficient (Wildman–Crippen LogP) is 5.16. The Bertz CT molecular complexity index is 1010. The van der Waals surface area contributed by atoms with Crippen molar-refractivity contribution < 1.29 is 18.4 Å². The van der Waals surface area contributed by atoms with Gasteiger partial charge in [0.05, 0.1) is 19.4 Å². The lowest BCUT2D eigenvalue weighted by atomic mass is 9.86. The van der Waals surface area contributed by atoms with E-state index in [2.05, 4.69) is 10.1 Å². The van der Waals surface area contributed by atoms with E-state index in [4.69, 9.17) is 14.0 Å². The van der Waals surface area contributed by atoms with Crippen LogP contribution in [0, 0.1) is 5.82 Å². The largest absolute Gasteiger partial charge is 0.493 e. The third-order valence-electron chi connectivity index (χ3n) is 6.62. The summed E-state index contributed by atoms with van der Waals surface area (Å²) in [4.78, 5) is 2.66. The van der Waals surface area contributed by atoms with Crippen molar-refractivity contribution in [2.45, 2.75) is 50.1 Å². The number of piperidine rings is 1. The van der Waals surface area contributed by atoms with E-state index in [0.29, 0.717) is 30.2 Å². The number of hydrogen-bond donors (Lipinski definition) is 0. The number of fused-ring (bicyclic) bond motifs is 3. The Morgan fingerprint density at radius 2 is 1.87 bits per heavy atom. The van der Waals surface area contributed by atoms with Crippen LogP contribution in [0.25, 0.3) is 11.0 Å². The molecule has 30 heavy (non-hydrogen) atoms. The van der Waals surface area contributed by atoms with Crippen molar-refractivity contribution in [1.82, 2.24) is 10.1 Å². The van der Waals surface area contributed by atoms with Crippen LogP contribution in [0.3, 0.4) is 0 Å². The highest BCUT2D eigenvalue weighted by atomic mass is 19.1. The summed E-state index contributed by atoms with van der Waals surface area (Å²) in [5, 5.41) is 5.27. The minimum absolute atomic E-state index is 0.282. The lowest BCUT2D eigenvalue weighted by Crippen LogP contribution is -2.43. The van der Waals surface area contributed by atoms with Crippen molar-refractivity contribution in [2.75, 3.05) is 20.3 Å². The van der Waals surface area contributed by atoms with Gasteiger partial charge in [-0.2, -0.15) is 0 Å². The number of nitrogens with zero attached hydrogens (tertiary/aromatic N) is 2. The van der Waals surface area contributed by atoms with E-state index in [1.165, 1.54) is 25.0 Å². The van der Waals surface area contributed by atoms with Gasteiger partial charge in [0, 0.05) is 36.0 Å². The molecule has 0 saturated carbocycles. The number of benzene rings is 2. The van der Waals surface area contributed by atoms with Gasteiger partial charge in [-0.3, -0.25) is 4.90 Å². The molecule has 2 bridgehead atoms. The molecule has 0 radical (unpaired) electrons. The summed E-state index contributed by atoms with van der Waals surface area (Å²) in [5.74, 6) is 1.68. The zero-order chi connectivity index (χ0) is 20.5. The molecule has 0 aliphatic carbocycles. The van der Waals surface area contributed by atoms with Gasteiger partial charge in [-0.15, -0.1) is 0 Å². The molecule has 2 saturated heterocycles. The molecule has 1 aromatic heterocycles. The SMILES string of the molecule is COc1ccccc1OCCCN1C2CCC1CC(c1noc3cc(F)ccc13)C2. The first-order chi connectivity index (χ1) is 14.7. The smallest absolute Gasteiger partial charge is 0.170 e. The number of halogens is 1. The second-order valence-electron chi connectivity index (χ2n) is 8.35. The first-order valence-electron chi connectivity index (χ1n) is 10.8. The number of methoxy groups -OCH3 is 1. The fourth-order valence-electron chi connectivity index (χ4n) is 5.26. The Hall–Kier alpha value is -2.60. The van der Waals surface area contributed by atoms with Crippen LogP contribution in [0.4, 0.5) is 4.39 Å². The molecule has 5 rings (SSSR count). The highest BCUT2D eigenvalue weighted by molar-refractivity contribution is 5.79. The molecule has 2 fully saturated rings. The molecular weight excluding hydrogens is 383 g/mol. The molecule has 6 heteroatoms. The highest BCUT2D eigenvalue weighted by Crippen LogP contribution is 2.44. The minimum atomic E-state index is -0.282. The Kier molecular flexibility index (Phi) is 5.34. The third-order valence-corrected chi connectivity index (χ3v) is 6.62. The second kappa shape index (κ2) is 8.26. The molecule has 2 aromatic carbocycles. The predicted molar refractivity (Wildman–Crippen MR) is 113 cm³/mol. The van der Waals surface area contributed by atoms with E-state index in [1.807, 2.05) is 24.3 Å². The normalized spacial score (nSPS) is 23.7. The minimum Gasteiger partial charge on any atom is -0.493 e. The fraction of sp³-hybridized carbons (Fsp3) is 0.458. The van der Waals surface area contributed by atoms with E-state index in [0.717, 1.165) is 48.4 Å². The number of para-hydroxylation sites is 2. The number of ether oxygens (including phenoxy) is 2. The molecule has 2 atom stereocenters. The topological polar surface area (TPSA) is 47.7 Å². The maximum atomic E-state index is 13.5. The summed E-state index contributed by atoms with van der Waals surface area (Å²) in [6.07, 6.45) is 5.63. The lowest BCUT2D eigenvalue weighted by molar-refractivity contribution is 0.116. The summed E-state index contributed by atoms with van der Waals surface area (Å²) >= 11 is 0. The summed E-state index contributed by atoms with van der Waals surface area (Å²) < 4.78 is 30.2. The molecule has 3 heterocycles. The van der Waals surface area contributed by atoms with Crippen molar-refractivity contribution >= 4 is 11.0 Å². The average molecular weight is 410 g/mol. The van der Waals surface area contributed by atoms with Crippen LogP contribution >= 0.6 is 0 Å². The molecule has 2 aliphatic rings. The van der Waals surface area contributed by atoms with E-state index in [1.54, 1.807) is 13.2 Å². The Labute approximate surface area is 175 Å². The van der Waals surface area contributed by atoms with Crippen LogP contribution in [0.1, 0.15) is 43.7 Å². The van der Waals surface area contributed by atoms with E-state index >= 15 is 0 Å². The Morgan fingerprint density at radius 1 is 1.10 bits per heavy atom. The van der Waals surface area contributed by atoms with Crippen LogP contribution in [0.2, 0.25) is 0 Å². The van der Waals surface area contributed by atoms with Gasteiger partial charge in [0.1, 0.15) is 5.82 Å². The summed E-state index contributed by atoms with van der Waals surface area (Å²) in [6, 6.07) is 13.7. The molecule has 2 aliphatic heterocycles. The van der Waals surface area contributed by atoms with Gasteiger partial charge in [-0.25, -0.2) is 4.39 Å². The summed E-state index contributed by atoms with van der Waals surface area (Å²) in [6.45, 7) is 1.72. The first kappa shape index (κ1) is 19.4. The van der Waals surface area contributed by atoms with Crippen molar-refractivity contribution in [3.05, 3.63) is 54.0 Å². The molecule has 5 nitrogen and oxygen atoms in total. The molecular formula is C24H27FN2O3. The summed E-state index contributed by atoms with van der Waals surface area (Å²) in [5.41, 5.74) is 1.55. The van der Waals surface area contributed by atoms with Gasteiger partial charge in [0.25, 0.3) is 0 Å². The van der Waals surface area contributed by atoms with Crippen molar-refractivity contribution in [1.29, 1.82) is 0 Å². The van der Waals surface area contributed by atoms with Crippen molar-refractivity contribution in [3.63, 3.8) is 0 Å². The number of hydrogen-bond acceptors (Lipinski definition) is 5. The standard InChI is InChI=1S/C24H27FN2O3/c1-28-21-5-2-3-6-22(21)29-12-4-11-27-18-8-9-19(27)14-16(13-18)24-20-10-7-17(25)15-23(20)30-26-24/h2-3,5-7,10,15-16,18-19H,4,8-9,11-14H2,1H3.